The number of hydrogen-bond donors (Lipinski definition) is 0. The molecule has 216 valence electrons. The average Bonchev–Trinajstić information content (AvgIpc) is 3.69. The van der Waals surface area contributed by atoms with Crippen LogP contribution in [0.3, 0.4) is 0 Å². The molecule has 1 amide bonds. The molecule has 2 fully saturated rings. The monoisotopic (exact) mass is 548 g/mol. The minimum atomic E-state index is -2.15. The van der Waals surface area contributed by atoms with Gasteiger partial charge in [-0.1, -0.05) is 60.8 Å². The van der Waals surface area contributed by atoms with Crippen LogP contribution in [0.1, 0.15) is 84.0 Å². The molecule has 0 spiro atoms. The Kier molecular flexibility index (Phi) is 11.0. The smallest absolute Gasteiger partial charge is 0.259 e. The third-order valence-electron chi connectivity index (χ3n) is 8.91. The van der Waals surface area contributed by atoms with Gasteiger partial charge in [0.2, 0.25) is 0 Å². The van der Waals surface area contributed by atoms with Crippen molar-refractivity contribution in [1.82, 2.24) is 9.88 Å². The number of amides is 1. The lowest BCUT2D eigenvalue weighted by atomic mass is 9.78. The highest BCUT2D eigenvalue weighted by molar-refractivity contribution is 6.77. The maximum absolute atomic E-state index is 13.7. The van der Waals surface area contributed by atoms with Crippen LogP contribution in [0, 0.1) is 12.8 Å². The molecule has 0 aromatic carbocycles. The number of nitrogens with zero attached hydrogens (tertiary/aromatic N) is 2. The summed E-state index contributed by atoms with van der Waals surface area (Å²) in [6, 6.07) is 1.90. The first-order chi connectivity index (χ1) is 18.0. The Morgan fingerprint density at radius 2 is 1.74 bits per heavy atom. The standard InChI is InChI=1S/C30H52N2O5Si/c1-21(2)38(22(3)4,23(5)6)37-18-28-30(36-20-35-9,29(33)32(28)19-34-8)16-27-15-26(24(7)17-31-27)12-10-11-25-13-14-25/h15,17,21-23,25,28H,10-14,16,18-20H2,1-9H3/t28-,30+/m0/s1. The molecule has 1 aliphatic heterocycles. The van der Waals surface area contributed by atoms with Crippen molar-refractivity contribution in [3.63, 3.8) is 0 Å². The third kappa shape index (κ3) is 6.52. The van der Waals surface area contributed by atoms with Crippen LogP contribution in [-0.4, -0.2) is 70.1 Å². The quantitative estimate of drug-likeness (QED) is 0.134. The van der Waals surface area contributed by atoms with Crippen molar-refractivity contribution in [3.8, 4) is 0 Å². The molecule has 2 heterocycles. The van der Waals surface area contributed by atoms with Gasteiger partial charge in [0, 0.05) is 32.5 Å². The van der Waals surface area contributed by atoms with E-state index in [1.165, 1.54) is 36.8 Å². The Hall–Kier alpha value is -1.32. The van der Waals surface area contributed by atoms with Crippen molar-refractivity contribution >= 4 is 14.2 Å². The van der Waals surface area contributed by atoms with Crippen LogP contribution >= 0.6 is 0 Å². The second kappa shape index (κ2) is 13.4. The molecule has 1 saturated heterocycles. The van der Waals surface area contributed by atoms with Crippen molar-refractivity contribution in [2.75, 3.05) is 34.4 Å². The van der Waals surface area contributed by atoms with Gasteiger partial charge in [-0.25, -0.2) is 0 Å². The summed E-state index contributed by atoms with van der Waals surface area (Å²) < 4.78 is 24.0. The molecule has 1 aromatic heterocycles. The highest BCUT2D eigenvalue weighted by Crippen LogP contribution is 2.45. The van der Waals surface area contributed by atoms with Crippen molar-refractivity contribution in [3.05, 3.63) is 29.1 Å². The average molecular weight is 549 g/mol. The van der Waals surface area contributed by atoms with E-state index in [0.717, 1.165) is 18.0 Å². The normalized spacial score (nSPS) is 22.2. The van der Waals surface area contributed by atoms with E-state index >= 15 is 0 Å². The zero-order valence-electron chi connectivity index (χ0n) is 25.3. The van der Waals surface area contributed by atoms with E-state index in [-0.39, 0.29) is 25.5 Å². The first kappa shape index (κ1) is 31.2. The predicted octanol–water partition coefficient (Wildman–Crippen LogP) is 6.03. The third-order valence-corrected chi connectivity index (χ3v) is 15.0. The van der Waals surface area contributed by atoms with Crippen molar-refractivity contribution in [2.24, 2.45) is 5.92 Å². The molecule has 0 bridgehead atoms. The van der Waals surface area contributed by atoms with E-state index in [1.807, 2.05) is 6.20 Å². The Labute approximate surface area is 232 Å². The summed E-state index contributed by atoms with van der Waals surface area (Å²) >= 11 is 0. The number of methoxy groups -OCH3 is 2. The Bertz CT molecular complexity index is 898. The Morgan fingerprint density at radius 1 is 1.08 bits per heavy atom. The van der Waals surface area contributed by atoms with Crippen LogP contribution < -0.4 is 0 Å². The molecule has 2 aliphatic rings. The number of ether oxygens (including phenoxy) is 3. The zero-order valence-corrected chi connectivity index (χ0v) is 26.3. The minimum Gasteiger partial charge on any atom is -0.414 e. The van der Waals surface area contributed by atoms with E-state index in [2.05, 4.69) is 54.5 Å². The summed E-state index contributed by atoms with van der Waals surface area (Å²) in [6.07, 6.45) is 8.65. The van der Waals surface area contributed by atoms with Gasteiger partial charge in [-0.15, -0.1) is 0 Å². The lowest BCUT2D eigenvalue weighted by Gasteiger charge is -2.56. The number of pyridine rings is 1. The van der Waals surface area contributed by atoms with E-state index in [4.69, 9.17) is 23.6 Å². The Balaban J connectivity index is 1.89. The molecule has 38 heavy (non-hydrogen) atoms. The molecular formula is C30H52N2O5Si. The van der Waals surface area contributed by atoms with Gasteiger partial charge in [0.25, 0.3) is 5.91 Å². The topological polar surface area (TPSA) is 70.1 Å². The predicted molar refractivity (Wildman–Crippen MR) is 154 cm³/mol. The lowest BCUT2D eigenvalue weighted by molar-refractivity contribution is -0.237. The summed E-state index contributed by atoms with van der Waals surface area (Å²) in [5.74, 6) is 0.842. The van der Waals surface area contributed by atoms with E-state index in [0.29, 0.717) is 29.7 Å². The largest absolute Gasteiger partial charge is 0.414 e. The van der Waals surface area contributed by atoms with Gasteiger partial charge >= 0.3 is 0 Å². The van der Waals surface area contributed by atoms with Crippen molar-refractivity contribution < 1.29 is 23.4 Å². The maximum Gasteiger partial charge on any atom is 0.259 e. The molecule has 0 unspecified atom stereocenters. The first-order valence-corrected chi connectivity index (χ1v) is 16.7. The molecule has 1 aliphatic carbocycles. The number of aryl methyl sites for hydroxylation is 2. The number of rotatable bonds is 17. The van der Waals surface area contributed by atoms with Gasteiger partial charge in [-0.05, 0) is 59.5 Å². The molecule has 1 saturated carbocycles. The van der Waals surface area contributed by atoms with E-state index in [1.54, 1.807) is 19.1 Å². The summed E-state index contributed by atoms with van der Waals surface area (Å²) in [7, 11) is 1.06. The highest BCUT2D eigenvalue weighted by Gasteiger charge is 2.63. The molecule has 2 atom stereocenters. The van der Waals surface area contributed by atoms with Crippen LogP contribution in [0.2, 0.25) is 16.6 Å². The number of likely N-dealkylation sites (tertiary alicyclic amines) is 1. The Morgan fingerprint density at radius 3 is 2.29 bits per heavy atom. The number of carbonyl (C=O) groups is 1. The van der Waals surface area contributed by atoms with Crippen LogP contribution in [-0.2, 0) is 36.3 Å². The van der Waals surface area contributed by atoms with Gasteiger partial charge in [-0.3, -0.25) is 9.78 Å². The highest BCUT2D eigenvalue weighted by atomic mass is 28.4. The first-order valence-electron chi connectivity index (χ1n) is 14.5. The van der Waals surface area contributed by atoms with Gasteiger partial charge in [0.05, 0.1) is 12.6 Å². The second-order valence-corrected chi connectivity index (χ2v) is 17.9. The van der Waals surface area contributed by atoms with Crippen LogP contribution in [0.15, 0.2) is 12.3 Å². The van der Waals surface area contributed by atoms with Crippen LogP contribution in [0.25, 0.3) is 0 Å². The van der Waals surface area contributed by atoms with Crippen molar-refractivity contribution in [2.45, 2.75) is 115 Å². The van der Waals surface area contributed by atoms with Crippen LogP contribution in [0.4, 0.5) is 0 Å². The summed E-state index contributed by atoms with van der Waals surface area (Å²) in [4.78, 5) is 20.2. The maximum atomic E-state index is 13.7. The fourth-order valence-electron chi connectivity index (χ4n) is 6.75. The molecule has 0 N–H and O–H groups in total. The molecule has 3 rings (SSSR count). The molecular weight excluding hydrogens is 496 g/mol. The second-order valence-electron chi connectivity index (χ2n) is 12.4. The lowest BCUT2D eigenvalue weighted by Crippen LogP contribution is -2.78. The number of hydrogen-bond acceptors (Lipinski definition) is 6. The minimum absolute atomic E-state index is 0.0320. The molecule has 1 aromatic rings. The SMILES string of the molecule is COCO[C@@]1(Cc2cc(CCCC3CC3)c(C)cn2)C(=O)N(COC)[C@H]1CO[Si](C(C)C)(C(C)C)C(C)C. The van der Waals surface area contributed by atoms with E-state index in [9.17, 15) is 4.79 Å². The fourth-order valence-corrected chi connectivity index (χ4v) is 12.2. The molecule has 8 heteroatoms. The number of β-lactam (4-membered cyclic amide) rings is 1. The summed E-state index contributed by atoms with van der Waals surface area (Å²) in [5.41, 5.74) is 3.65. The fraction of sp³-hybridized carbons (Fsp3) is 0.800. The molecule has 0 radical (unpaired) electrons. The van der Waals surface area contributed by atoms with Gasteiger partial charge in [-0.2, -0.15) is 0 Å². The number of carbonyl (C=O) groups excluding carboxylic acids is 1. The van der Waals surface area contributed by atoms with Gasteiger partial charge < -0.3 is 23.5 Å². The molecule has 7 nitrogen and oxygen atoms in total. The van der Waals surface area contributed by atoms with Gasteiger partial charge in [0.15, 0.2) is 13.9 Å². The van der Waals surface area contributed by atoms with E-state index < -0.39 is 13.9 Å². The zero-order chi connectivity index (χ0) is 28.1. The summed E-state index contributed by atoms with van der Waals surface area (Å²) in [6.45, 7) is 16.5. The van der Waals surface area contributed by atoms with Gasteiger partial charge in [0.1, 0.15) is 13.5 Å². The summed E-state index contributed by atoms with van der Waals surface area (Å²) in [5, 5.41) is 0. The van der Waals surface area contributed by atoms with Crippen molar-refractivity contribution in [1.29, 1.82) is 0 Å². The van der Waals surface area contributed by atoms with Crippen LogP contribution in [0.5, 0.6) is 0 Å². The number of aromatic nitrogens is 1.